The van der Waals surface area contributed by atoms with Crippen LogP contribution in [0.1, 0.15) is 77.7 Å². The maximum absolute atomic E-state index is 14.1. The van der Waals surface area contributed by atoms with Gasteiger partial charge in [0.1, 0.15) is 5.84 Å². The normalized spacial score (nSPS) is 23.1. The predicted molar refractivity (Wildman–Crippen MR) is 137 cm³/mol. The number of carbonyl (C=O) groups is 2. The largest absolute Gasteiger partial charge is 0.392 e. The zero-order valence-corrected chi connectivity index (χ0v) is 21.3. The molecule has 7 heteroatoms. The zero-order valence-electron chi connectivity index (χ0n) is 21.3. The third-order valence-corrected chi connectivity index (χ3v) is 7.08. The van der Waals surface area contributed by atoms with E-state index in [4.69, 9.17) is 10.7 Å². The number of nitrogens with two attached hydrogens (primary N) is 1. The monoisotopic (exact) mass is 470 g/mol. The fourth-order valence-corrected chi connectivity index (χ4v) is 5.12. The van der Waals surface area contributed by atoms with Crippen LogP contribution < -0.4 is 10.6 Å². The summed E-state index contributed by atoms with van der Waals surface area (Å²) in [6, 6.07) is 7.62. The number of ketones is 1. The lowest BCUT2D eigenvalue weighted by atomic mass is 9.81. The van der Waals surface area contributed by atoms with Gasteiger partial charge in [0.25, 0.3) is 5.91 Å². The van der Waals surface area contributed by atoms with Crippen molar-refractivity contribution in [3.05, 3.63) is 29.8 Å². The van der Waals surface area contributed by atoms with Gasteiger partial charge in [0.15, 0.2) is 5.78 Å². The number of likely N-dealkylation sites (tertiary alicyclic amines) is 1. The Bertz CT molecular complexity index is 892. The molecule has 0 aromatic heterocycles. The summed E-state index contributed by atoms with van der Waals surface area (Å²) in [6.07, 6.45) is 6.20. The Morgan fingerprint density at radius 1 is 1.18 bits per heavy atom. The first-order valence-corrected chi connectivity index (χ1v) is 12.9. The molecule has 3 rings (SSSR count). The highest BCUT2D eigenvalue weighted by molar-refractivity contribution is 6.22. The molecule has 3 atom stereocenters. The van der Waals surface area contributed by atoms with E-state index < -0.39 is 29.4 Å². The van der Waals surface area contributed by atoms with Crippen LogP contribution in [0.2, 0.25) is 0 Å². The van der Waals surface area contributed by atoms with Crippen molar-refractivity contribution in [3.63, 3.8) is 0 Å². The van der Waals surface area contributed by atoms with E-state index in [1.54, 1.807) is 7.05 Å². The number of amides is 1. The Morgan fingerprint density at radius 3 is 2.44 bits per heavy atom. The summed E-state index contributed by atoms with van der Waals surface area (Å²) in [7, 11) is 1.65. The molecule has 1 saturated heterocycles. The number of amidine groups is 1. The lowest BCUT2D eigenvalue weighted by Gasteiger charge is -2.33. The van der Waals surface area contributed by atoms with Crippen molar-refractivity contribution in [1.82, 2.24) is 4.90 Å². The van der Waals surface area contributed by atoms with Crippen LogP contribution in [0.15, 0.2) is 29.3 Å². The minimum Gasteiger partial charge on any atom is -0.392 e. The lowest BCUT2D eigenvalue weighted by molar-refractivity contribution is -0.139. The van der Waals surface area contributed by atoms with E-state index in [1.165, 1.54) is 4.90 Å². The molecule has 1 aromatic carbocycles. The first-order chi connectivity index (χ1) is 16.2. The number of benzene rings is 1. The average Bonchev–Trinajstić information content (AvgIpc) is 3.15. The molecule has 0 radical (unpaired) electrons. The number of carbonyl (C=O) groups excluding carboxylic acids is 2. The van der Waals surface area contributed by atoms with Crippen LogP contribution in [0.25, 0.3) is 0 Å². The van der Waals surface area contributed by atoms with Gasteiger partial charge in [-0.3, -0.25) is 15.3 Å². The number of Topliss-reactive ketones (excluding diaryl/α,β-unsaturated/α-hetero) is 1. The van der Waals surface area contributed by atoms with Crippen molar-refractivity contribution in [1.29, 1.82) is 0 Å². The van der Waals surface area contributed by atoms with E-state index in [0.717, 1.165) is 57.2 Å². The highest BCUT2D eigenvalue weighted by atomic mass is 16.3. The Morgan fingerprint density at radius 2 is 1.82 bits per heavy atom. The maximum Gasteiger partial charge on any atom is 0.277 e. The van der Waals surface area contributed by atoms with Crippen molar-refractivity contribution in [2.45, 2.75) is 83.9 Å². The van der Waals surface area contributed by atoms with Gasteiger partial charge in [-0.1, -0.05) is 58.6 Å². The van der Waals surface area contributed by atoms with Gasteiger partial charge < -0.3 is 14.9 Å². The van der Waals surface area contributed by atoms with Crippen LogP contribution in [0.4, 0.5) is 5.69 Å². The van der Waals surface area contributed by atoms with Crippen molar-refractivity contribution in [2.75, 3.05) is 25.0 Å². The Kier molecular flexibility index (Phi) is 8.88. The first kappa shape index (κ1) is 26.4. The number of rotatable bonds is 8. The number of anilines is 1. The number of nitrogens with zero attached hydrogens (tertiary/aromatic N) is 3. The van der Waals surface area contributed by atoms with Crippen LogP contribution in [0.3, 0.4) is 0 Å². The molecule has 0 aliphatic carbocycles. The summed E-state index contributed by atoms with van der Waals surface area (Å²) < 4.78 is 0. The number of aliphatic hydroxyl groups is 1. The summed E-state index contributed by atoms with van der Waals surface area (Å²) in [5.74, 6) is -1.01. The van der Waals surface area contributed by atoms with Gasteiger partial charge in [-0.05, 0) is 43.7 Å². The first-order valence-electron chi connectivity index (χ1n) is 12.9. The van der Waals surface area contributed by atoms with Gasteiger partial charge in [0.05, 0.1) is 11.8 Å². The number of hydrogen-bond donors (Lipinski definition) is 2. The second kappa shape index (κ2) is 11.5. The summed E-state index contributed by atoms with van der Waals surface area (Å²) >= 11 is 0. The molecule has 188 valence electrons. The van der Waals surface area contributed by atoms with Crippen molar-refractivity contribution < 1.29 is 14.7 Å². The standard InChI is InChI=1S/C27H42N4O3/c1-5-6-15-23(32)21(18-19(2)3)24(33)27(28)26(34)30(4)22-14-10-9-13-20(22)25(29-27)31-16-11-7-8-12-17-31/h9-10,13-14,19,21,23,32H,5-8,11-12,15-18,28H2,1-4H3/t21-,23+,27?/m1/s1. The summed E-state index contributed by atoms with van der Waals surface area (Å²) in [4.78, 5) is 36.3. The van der Waals surface area contributed by atoms with Crippen LogP contribution in [0.5, 0.6) is 0 Å². The van der Waals surface area contributed by atoms with Gasteiger partial charge in [-0.2, -0.15) is 0 Å². The number of hydrogen-bond acceptors (Lipinski definition) is 6. The quantitative estimate of drug-likeness (QED) is 0.564. The van der Waals surface area contributed by atoms with Crippen molar-refractivity contribution in [3.8, 4) is 0 Å². The van der Waals surface area contributed by atoms with E-state index in [0.29, 0.717) is 24.4 Å². The van der Waals surface area contributed by atoms with Crippen molar-refractivity contribution in [2.24, 2.45) is 22.6 Å². The van der Waals surface area contributed by atoms with Gasteiger partial charge in [0.2, 0.25) is 5.66 Å². The molecule has 0 saturated carbocycles. The van der Waals surface area contributed by atoms with Crippen LogP contribution >= 0.6 is 0 Å². The smallest absolute Gasteiger partial charge is 0.277 e. The molecule has 1 aromatic rings. The molecule has 7 nitrogen and oxygen atoms in total. The summed E-state index contributed by atoms with van der Waals surface area (Å²) in [6.45, 7) is 7.70. The molecule has 1 unspecified atom stereocenters. The molecule has 2 aliphatic rings. The van der Waals surface area contributed by atoms with Crippen LogP contribution in [0, 0.1) is 11.8 Å². The Balaban J connectivity index is 2.11. The van der Waals surface area contributed by atoms with Gasteiger partial charge in [0, 0.05) is 31.6 Å². The van der Waals surface area contributed by atoms with E-state index in [9.17, 15) is 14.7 Å². The number of likely N-dealkylation sites (N-methyl/N-ethyl adjacent to an activating group) is 1. The molecule has 1 fully saturated rings. The molecular formula is C27H42N4O3. The molecule has 1 amide bonds. The SMILES string of the molecule is CCCC[C@H](O)[C@@H](CC(C)C)C(=O)C1(N)N=C(N2CCCCCC2)c2ccccc2N(C)C1=O. The maximum atomic E-state index is 14.1. The molecule has 0 spiro atoms. The van der Waals surface area contributed by atoms with E-state index >= 15 is 0 Å². The van der Waals surface area contributed by atoms with Crippen molar-refractivity contribution >= 4 is 23.2 Å². The van der Waals surface area contributed by atoms with E-state index in [2.05, 4.69) is 11.8 Å². The minimum atomic E-state index is -2.08. The average molecular weight is 471 g/mol. The number of unbranched alkanes of at least 4 members (excludes halogenated alkanes) is 1. The second-order valence-corrected chi connectivity index (χ2v) is 10.3. The number of fused-ring (bicyclic) bond motifs is 1. The predicted octanol–water partition coefficient (Wildman–Crippen LogP) is 3.72. The summed E-state index contributed by atoms with van der Waals surface area (Å²) in [5.41, 5.74) is 6.16. The van der Waals surface area contributed by atoms with E-state index in [-0.39, 0.29) is 5.92 Å². The third-order valence-electron chi connectivity index (χ3n) is 7.08. The number of para-hydroxylation sites is 1. The van der Waals surface area contributed by atoms with E-state index in [1.807, 2.05) is 38.1 Å². The van der Waals surface area contributed by atoms with Gasteiger partial charge >= 0.3 is 0 Å². The molecule has 2 heterocycles. The van der Waals surface area contributed by atoms with Crippen LogP contribution in [-0.4, -0.2) is 59.4 Å². The Labute approximate surface area is 204 Å². The van der Waals surface area contributed by atoms with Crippen LogP contribution in [-0.2, 0) is 9.59 Å². The number of aliphatic hydroxyl groups excluding tert-OH is 1. The molecule has 0 bridgehead atoms. The fraction of sp³-hybridized carbons (Fsp3) is 0.667. The second-order valence-electron chi connectivity index (χ2n) is 10.3. The number of aliphatic imine (C=N–C) groups is 1. The van der Waals surface area contributed by atoms with Gasteiger partial charge in [-0.15, -0.1) is 0 Å². The molecule has 3 N–H and O–H groups in total. The molecule has 2 aliphatic heterocycles. The summed E-state index contributed by atoms with van der Waals surface area (Å²) in [5, 5.41) is 11.0. The molecule has 34 heavy (non-hydrogen) atoms. The minimum absolute atomic E-state index is 0.165. The third kappa shape index (κ3) is 5.52. The highest BCUT2D eigenvalue weighted by Gasteiger charge is 2.51. The highest BCUT2D eigenvalue weighted by Crippen LogP contribution is 2.33. The molecular weight excluding hydrogens is 428 g/mol. The Hall–Kier alpha value is -2.25. The number of benzodiazepines with no additional fused rings is 1. The zero-order chi connectivity index (χ0) is 24.9. The lowest BCUT2D eigenvalue weighted by Crippen LogP contribution is -2.61. The van der Waals surface area contributed by atoms with Gasteiger partial charge in [-0.25, -0.2) is 4.99 Å². The fourth-order valence-electron chi connectivity index (χ4n) is 5.12. The topological polar surface area (TPSA) is 99.2 Å².